The van der Waals surface area contributed by atoms with Gasteiger partial charge in [0.15, 0.2) is 0 Å². The van der Waals surface area contributed by atoms with Crippen LogP contribution in [0.25, 0.3) is 0 Å². The van der Waals surface area contributed by atoms with Gasteiger partial charge in [0, 0.05) is 41.1 Å². The first-order valence-electron chi connectivity index (χ1n) is 5.18. The van der Waals surface area contributed by atoms with Gasteiger partial charge in [-0.05, 0) is 12.5 Å². The molecule has 6 nitrogen and oxygen atoms in total. The van der Waals surface area contributed by atoms with Gasteiger partial charge in [0.1, 0.15) is 0 Å². The second-order valence-electron chi connectivity index (χ2n) is 3.65. The van der Waals surface area contributed by atoms with Crippen LogP contribution in [0.3, 0.4) is 0 Å². The maximum Gasteiger partial charge on any atom is 0.311 e. The number of rotatable bonds is 6. The van der Waals surface area contributed by atoms with Crippen molar-refractivity contribution in [2.75, 3.05) is 18.1 Å². The lowest BCUT2D eigenvalue weighted by Gasteiger charge is -2.09. The zero-order chi connectivity index (χ0) is 12.8. The molecule has 2 unspecified atom stereocenters. The van der Waals surface area contributed by atoms with Crippen LogP contribution in [0.5, 0.6) is 0 Å². The molecule has 94 valence electrons. The third-order valence-corrected chi connectivity index (χ3v) is 3.76. The summed E-state index contributed by atoms with van der Waals surface area (Å²) in [6.45, 7) is 2.39. The summed E-state index contributed by atoms with van der Waals surface area (Å²) in [5, 5.41) is 13.7. The van der Waals surface area contributed by atoms with Gasteiger partial charge in [-0.2, -0.15) is 0 Å². The Morgan fingerprint density at radius 2 is 2.35 bits per heavy atom. The highest BCUT2D eigenvalue weighted by Crippen LogP contribution is 2.20. The molecular formula is C10H15N3O3S. The molecule has 0 saturated carbocycles. The van der Waals surface area contributed by atoms with Gasteiger partial charge in [0.25, 0.3) is 0 Å². The number of hydrogen-bond acceptors (Lipinski definition) is 5. The molecule has 0 aromatic carbocycles. The maximum absolute atomic E-state index is 11.1. The Balaban J connectivity index is 2.58. The van der Waals surface area contributed by atoms with Crippen molar-refractivity contribution in [2.24, 2.45) is 0 Å². The fourth-order valence-corrected chi connectivity index (χ4v) is 1.69. The Hall–Kier alpha value is -1.50. The number of nitrogens with zero attached hydrogens (tertiary/aromatic N) is 2. The predicted molar refractivity (Wildman–Crippen MR) is 67.5 cm³/mol. The van der Waals surface area contributed by atoms with E-state index in [0.29, 0.717) is 13.0 Å². The first-order chi connectivity index (χ1) is 8.02. The molecule has 0 amide bonds. The normalized spacial score (nSPS) is 14.0. The highest BCUT2D eigenvalue weighted by atomic mass is 32.2. The molecule has 0 radical (unpaired) electrons. The Morgan fingerprint density at radius 1 is 1.65 bits per heavy atom. The summed E-state index contributed by atoms with van der Waals surface area (Å²) in [5.74, 6) is 0.256. The van der Waals surface area contributed by atoms with Crippen molar-refractivity contribution in [2.45, 2.75) is 18.6 Å². The molecule has 17 heavy (non-hydrogen) atoms. The molecule has 1 rings (SSSR count). The third-order valence-electron chi connectivity index (χ3n) is 2.39. The van der Waals surface area contributed by atoms with Gasteiger partial charge < -0.3 is 5.32 Å². The Morgan fingerprint density at radius 3 is 2.94 bits per heavy atom. The third kappa shape index (κ3) is 4.10. The summed E-state index contributed by atoms with van der Waals surface area (Å²) in [5.41, 5.74) is -0.0437. The molecule has 1 aromatic heterocycles. The minimum Gasteiger partial charge on any atom is -0.364 e. The van der Waals surface area contributed by atoms with Gasteiger partial charge in [-0.25, -0.2) is 4.98 Å². The molecule has 1 heterocycles. The monoisotopic (exact) mass is 257 g/mol. The van der Waals surface area contributed by atoms with E-state index in [-0.39, 0.29) is 16.8 Å². The van der Waals surface area contributed by atoms with Crippen molar-refractivity contribution in [1.82, 2.24) is 4.98 Å². The number of pyridine rings is 1. The van der Waals surface area contributed by atoms with Crippen molar-refractivity contribution in [3.63, 3.8) is 0 Å². The van der Waals surface area contributed by atoms with Crippen molar-refractivity contribution in [1.29, 1.82) is 0 Å². The van der Waals surface area contributed by atoms with Gasteiger partial charge in [-0.3, -0.25) is 14.3 Å². The van der Waals surface area contributed by atoms with Crippen LogP contribution >= 0.6 is 0 Å². The zero-order valence-corrected chi connectivity index (χ0v) is 10.6. The molecule has 0 bridgehead atoms. The Bertz CT molecular complexity index is 425. The van der Waals surface area contributed by atoms with Gasteiger partial charge in [0.2, 0.25) is 5.82 Å². The van der Waals surface area contributed by atoms with Crippen LogP contribution in [0.15, 0.2) is 18.3 Å². The molecule has 1 N–H and O–H groups in total. The average molecular weight is 257 g/mol. The van der Waals surface area contributed by atoms with E-state index in [2.05, 4.69) is 10.3 Å². The maximum atomic E-state index is 11.1. The van der Waals surface area contributed by atoms with Crippen molar-refractivity contribution < 1.29 is 9.13 Å². The molecule has 2 atom stereocenters. The number of nitro groups is 1. The first-order valence-corrected chi connectivity index (χ1v) is 6.80. The summed E-state index contributed by atoms with van der Waals surface area (Å²) >= 11 is 0. The number of aromatic nitrogens is 1. The van der Waals surface area contributed by atoms with E-state index in [1.165, 1.54) is 18.3 Å². The van der Waals surface area contributed by atoms with Gasteiger partial charge in [-0.15, -0.1) is 0 Å². The SMILES string of the molecule is CC(CCNc1ncccc1[N+](=O)[O-])S(C)=O. The Labute approximate surface area is 102 Å². The second-order valence-corrected chi connectivity index (χ2v) is 5.45. The summed E-state index contributed by atoms with van der Waals surface area (Å²) < 4.78 is 11.1. The molecule has 1 aromatic rings. The van der Waals surface area contributed by atoms with Crippen LogP contribution in [0.4, 0.5) is 11.5 Å². The summed E-state index contributed by atoms with van der Waals surface area (Å²) in [7, 11) is -0.877. The molecule has 7 heteroatoms. The Kier molecular flexibility index (Phi) is 5.02. The van der Waals surface area contributed by atoms with Crippen LogP contribution < -0.4 is 5.32 Å². The van der Waals surface area contributed by atoms with Crippen molar-refractivity contribution in [3.8, 4) is 0 Å². The van der Waals surface area contributed by atoms with Crippen molar-refractivity contribution >= 4 is 22.3 Å². The largest absolute Gasteiger partial charge is 0.364 e. The highest BCUT2D eigenvalue weighted by molar-refractivity contribution is 7.84. The van der Waals surface area contributed by atoms with Crippen molar-refractivity contribution in [3.05, 3.63) is 28.4 Å². The molecule has 0 saturated heterocycles. The van der Waals surface area contributed by atoms with Gasteiger partial charge in [-0.1, -0.05) is 6.92 Å². The standard InChI is InChI=1S/C10H15N3O3S/c1-8(17(2)16)5-7-12-10-9(13(14)15)4-3-6-11-10/h3-4,6,8H,5,7H2,1-2H3,(H,11,12). The van der Waals surface area contributed by atoms with E-state index < -0.39 is 15.7 Å². The van der Waals surface area contributed by atoms with Crippen LogP contribution in [0.1, 0.15) is 13.3 Å². The average Bonchev–Trinajstić information content (AvgIpc) is 2.29. The van der Waals surface area contributed by atoms with Crippen LogP contribution in [0, 0.1) is 10.1 Å². The predicted octanol–water partition coefficient (Wildman–Crippen LogP) is 1.56. The quantitative estimate of drug-likeness (QED) is 0.617. The van der Waals surface area contributed by atoms with E-state index in [9.17, 15) is 14.3 Å². The number of anilines is 1. The summed E-state index contributed by atoms with van der Waals surface area (Å²) in [4.78, 5) is 14.1. The van der Waals surface area contributed by atoms with E-state index in [1.54, 1.807) is 6.26 Å². The summed E-state index contributed by atoms with van der Waals surface area (Å²) in [6.07, 6.45) is 3.82. The molecule has 0 spiro atoms. The smallest absolute Gasteiger partial charge is 0.311 e. The lowest BCUT2D eigenvalue weighted by atomic mass is 10.3. The fourth-order valence-electron chi connectivity index (χ4n) is 1.24. The van der Waals surface area contributed by atoms with E-state index in [1.807, 2.05) is 6.92 Å². The zero-order valence-electron chi connectivity index (χ0n) is 9.75. The lowest BCUT2D eigenvalue weighted by molar-refractivity contribution is -0.384. The van der Waals surface area contributed by atoms with E-state index in [4.69, 9.17) is 0 Å². The van der Waals surface area contributed by atoms with Crippen LogP contribution in [0.2, 0.25) is 0 Å². The van der Waals surface area contributed by atoms with Gasteiger partial charge in [0.05, 0.1) is 4.92 Å². The minimum absolute atomic E-state index is 0.0437. The number of nitrogens with one attached hydrogen (secondary N) is 1. The van der Waals surface area contributed by atoms with Gasteiger partial charge >= 0.3 is 5.69 Å². The van der Waals surface area contributed by atoms with E-state index in [0.717, 1.165) is 0 Å². The summed E-state index contributed by atoms with van der Waals surface area (Å²) in [6, 6.07) is 2.92. The molecule has 0 aliphatic carbocycles. The molecule has 0 fully saturated rings. The minimum atomic E-state index is -0.877. The fraction of sp³-hybridized carbons (Fsp3) is 0.500. The number of hydrogen-bond donors (Lipinski definition) is 1. The second kappa shape index (κ2) is 6.29. The molecule has 0 aliphatic heterocycles. The first kappa shape index (κ1) is 13.6. The van der Waals surface area contributed by atoms with Crippen LogP contribution in [-0.4, -0.2) is 32.2 Å². The molecular weight excluding hydrogens is 242 g/mol. The topological polar surface area (TPSA) is 85.1 Å². The van der Waals surface area contributed by atoms with E-state index >= 15 is 0 Å². The lowest BCUT2D eigenvalue weighted by Crippen LogP contribution is -2.15. The highest BCUT2D eigenvalue weighted by Gasteiger charge is 2.14. The molecule has 0 aliphatic rings. The van der Waals surface area contributed by atoms with Crippen LogP contribution in [-0.2, 0) is 10.8 Å².